The summed E-state index contributed by atoms with van der Waals surface area (Å²) in [6.45, 7) is 1.89. The Labute approximate surface area is 90.1 Å². The molecule has 0 fully saturated rings. The molecule has 0 saturated heterocycles. The highest BCUT2D eigenvalue weighted by Crippen LogP contribution is 2.23. The van der Waals surface area contributed by atoms with E-state index in [-0.39, 0.29) is 6.04 Å². The summed E-state index contributed by atoms with van der Waals surface area (Å²) in [5.74, 6) is 1.31. The maximum atomic E-state index is 5.94. The molecule has 0 saturated carbocycles. The van der Waals surface area contributed by atoms with E-state index in [4.69, 9.17) is 11.5 Å². The standard InChI is InChI=1S/C11H18N4/c1-7(12)11-14-9-6-4-2-3-5-8(9)10(13)15-11/h7H,2-6,12H2,1H3,(H2,13,14,15). The average Bonchev–Trinajstić information content (AvgIpc) is 2.42. The van der Waals surface area contributed by atoms with Crippen molar-refractivity contribution in [2.24, 2.45) is 5.73 Å². The van der Waals surface area contributed by atoms with Gasteiger partial charge in [0.15, 0.2) is 0 Å². The lowest BCUT2D eigenvalue weighted by molar-refractivity contribution is 0.701. The number of rotatable bonds is 1. The highest BCUT2D eigenvalue weighted by Gasteiger charge is 2.16. The summed E-state index contributed by atoms with van der Waals surface area (Å²) >= 11 is 0. The van der Waals surface area contributed by atoms with E-state index in [9.17, 15) is 0 Å². The summed E-state index contributed by atoms with van der Waals surface area (Å²) in [6.07, 6.45) is 5.67. The van der Waals surface area contributed by atoms with Crippen LogP contribution in [0.4, 0.5) is 5.82 Å². The monoisotopic (exact) mass is 206 g/mol. The summed E-state index contributed by atoms with van der Waals surface area (Å²) < 4.78 is 0. The molecule has 1 heterocycles. The number of anilines is 1. The minimum atomic E-state index is -0.138. The summed E-state index contributed by atoms with van der Waals surface area (Å²) in [5.41, 5.74) is 14.0. The van der Waals surface area contributed by atoms with Gasteiger partial charge in [-0.1, -0.05) is 6.42 Å². The van der Waals surface area contributed by atoms with Crippen molar-refractivity contribution >= 4 is 5.82 Å². The molecule has 0 aromatic carbocycles. The Hall–Kier alpha value is -1.16. The second-order valence-corrected chi connectivity index (χ2v) is 4.24. The molecule has 0 spiro atoms. The van der Waals surface area contributed by atoms with Crippen molar-refractivity contribution in [1.82, 2.24) is 9.97 Å². The van der Waals surface area contributed by atoms with Crippen LogP contribution in [0, 0.1) is 0 Å². The first-order valence-corrected chi connectivity index (χ1v) is 5.59. The highest BCUT2D eigenvalue weighted by molar-refractivity contribution is 5.43. The molecule has 0 radical (unpaired) electrons. The van der Waals surface area contributed by atoms with Crippen molar-refractivity contribution < 1.29 is 0 Å². The number of nitrogens with zero attached hydrogens (tertiary/aromatic N) is 2. The first-order chi connectivity index (χ1) is 7.18. The van der Waals surface area contributed by atoms with E-state index in [1.165, 1.54) is 19.3 Å². The van der Waals surface area contributed by atoms with Gasteiger partial charge in [0, 0.05) is 11.3 Å². The summed E-state index contributed by atoms with van der Waals surface area (Å²) in [7, 11) is 0. The second kappa shape index (κ2) is 4.14. The van der Waals surface area contributed by atoms with Gasteiger partial charge in [0.25, 0.3) is 0 Å². The third-order valence-corrected chi connectivity index (χ3v) is 2.89. The molecule has 15 heavy (non-hydrogen) atoms. The molecule has 4 heteroatoms. The van der Waals surface area contributed by atoms with Crippen molar-refractivity contribution in [1.29, 1.82) is 0 Å². The molecule has 82 valence electrons. The van der Waals surface area contributed by atoms with Gasteiger partial charge in [-0.25, -0.2) is 9.97 Å². The lowest BCUT2D eigenvalue weighted by atomic mass is 10.1. The third-order valence-electron chi connectivity index (χ3n) is 2.89. The van der Waals surface area contributed by atoms with Gasteiger partial charge in [0.2, 0.25) is 0 Å². The van der Waals surface area contributed by atoms with Gasteiger partial charge in [-0.05, 0) is 32.6 Å². The molecular weight excluding hydrogens is 188 g/mol. The summed E-state index contributed by atoms with van der Waals surface area (Å²) in [4.78, 5) is 8.79. The Morgan fingerprint density at radius 1 is 1.13 bits per heavy atom. The molecule has 1 atom stereocenters. The van der Waals surface area contributed by atoms with Gasteiger partial charge in [0.1, 0.15) is 11.6 Å². The summed E-state index contributed by atoms with van der Waals surface area (Å²) in [5, 5.41) is 0. The molecule has 0 bridgehead atoms. The van der Waals surface area contributed by atoms with Gasteiger partial charge < -0.3 is 11.5 Å². The second-order valence-electron chi connectivity index (χ2n) is 4.24. The Balaban J connectivity index is 2.44. The average molecular weight is 206 g/mol. The van der Waals surface area contributed by atoms with Crippen LogP contribution in [0.15, 0.2) is 0 Å². The van der Waals surface area contributed by atoms with Crippen LogP contribution >= 0.6 is 0 Å². The molecule has 0 amide bonds. The van der Waals surface area contributed by atoms with Gasteiger partial charge >= 0.3 is 0 Å². The first-order valence-electron chi connectivity index (χ1n) is 5.59. The summed E-state index contributed by atoms with van der Waals surface area (Å²) in [6, 6.07) is -0.138. The normalized spacial score (nSPS) is 18.0. The van der Waals surface area contributed by atoms with E-state index in [2.05, 4.69) is 9.97 Å². The van der Waals surface area contributed by atoms with Crippen LogP contribution in [-0.2, 0) is 12.8 Å². The molecule has 2 rings (SSSR count). The first kappa shape index (κ1) is 10.4. The minimum absolute atomic E-state index is 0.138. The maximum absolute atomic E-state index is 5.94. The molecule has 1 unspecified atom stereocenters. The number of fused-ring (bicyclic) bond motifs is 1. The molecule has 4 N–H and O–H groups in total. The van der Waals surface area contributed by atoms with Crippen LogP contribution in [0.2, 0.25) is 0 Å². The van der Waals surface area contributed by atoms with Crippen LogP contribution in [0.25, 0.3) is 0 Å². The van der Waals surface area contributed by atoms with Crippen molar-refractivity contribution in [3.05, 3.63) is 17.1 Å². The van der Waals surface area contributed by atoms with Crippen LogP contribution in [0.5, 0.6) is 0 Å². The molecule has 1 aliphatic rings. The van der Waals surface area contributed by atoms with E-state index in [1.54, 1.807) is 0 Å². The predicted octanol–water partition coefficient (Wildman–Crippen LogP) is 1.35. The minimum Gasteiger partial charge on any atom is -0.383 e. The van der Waals surface area contributed by atoms with Gasteiger partial charge in [0.05, 0.1) is 6.04 Å². The molecule has 0 aliphatic heterocycles. The smallest absolute Gasteiger partial charge is 0.147 e. The topological polar surface area (TPSA) is 77.8 Å². The van der Waals surface area contributed by atoms with Crippen molar-refractivity contribution in [3.63, 3.8) is 0 Å². The van der Waals surface area contributed by atoms with Gasteiger partial charge in [-0.15, -0.1) is 0 Å². The molecule has 1 aromatic rings. The molecule has 4 nitrogen and oxygen atoms in total. The van der Waals surface area contributed by atoms with Crippen LogP contribution in [-0.4, -0.2) is 9.97 Å². The number of hydrogen-bond acceptors (Lipinski definition) is 4. The van der Waals surface area contributed by atoms with Crippen molar-refractivity contribution in [2.75, 3.05) is 5.73 Å². The van der Waals surface area contributed by atoms with E-state index in [0.29, 0.717) is 11.6 Å². The number of nitrogens with two attached hydrogens (primary N) is 2. The largest absolute Gasteiger partial charge is 0.383 e. The van der Waals surface area contributed by atoms with Gasteiger partial charge in [-0.2, -0.15) is 0 Å². The lowest BCUT2D eigenvalue weighted by Gasteiger charge is -2.11. The predicted molar refractivity (Wildman–Crippen MR) is 60.3 cm³/mol. The zero-order valence-corrected chi connectivity index (χ0v) is 9.16. The molecule has 1 aliphatic carbocycles. The van der Waals surface area contributed by atoms with E-state index in [0.717, 1.165) is 24.1 Å². The Morgan fingerprint density at radius 2 is 1.87 bits per heavy atom. The van der Waals surface area contributed by atoms with Crippen LogP contribution in [0.1, 0.15) is 49.3 Å². The van der Waals surface area contributed by atoms with Crippen molar-refractivity contribution in [3.8, 4) is 0 Å². The fraction of sp³-hybridized carbons (Fsp3) is 0.636. The fourth-order valence-corrected chi connectivity index (χ4v) is 2.02. The SMILES string of the molecule is CC(N)c1nc(N)c2c(n1)CCCCC2. The Kier molecular flexibility index (Phi) is 2.86. The zero-order chi connectivity index (χ0) is 10.8. The van der Waals surface area contributed by atoms with E-state index in [1.807, 2.05) is 6.92 Å². The fourth-order valence-electron chi connectivity index (χ4n) is 2.02. The Morgan fingerprint density at radius 3 is 2.60 bits per heavy atom. The zero-order valence-electron chi connectivity index (χ0n) is 9.16. The lowest BCUT2D eigenvalue weighted by Crippen LogP contribution is -2.15. The molecular formula is C11H18N4. The number of nitrogen functional groups attached to an aromatic ring is 1. The molecule has 1 aromatic heterocycles. The van der Waals surface area contributed by atoms with Crippen molar-refractivity contribution in [2.45, 2.75) is 45.1 Å². The number of hydrogen-bond donors (Lipinski definition) is 2. The van der Waals surface area contributed by atoms with E-state index < -0.39 is 0 Å². The van der Waals surface area contributed by atoms with Crippen LogP contribution in [0.3, 0.4) is 0 Å². The highest BCUT2D eigenvalue weighted by atomic mass is 15.0. The number of aryl methyl sites for hydroxylation is 1. The van der Waals surface area contributed by atoms with E-state index >= 15 is 0 Å². The Bertz CT molecular complexity index is 360. The van der Waals surface area contributed by atoms with Crippen LogP contribution < -0.4 is 11.5 Å². The maximum Gasteiger partial charge on any atom is 0.147 e. The van der Waals surface area contributed by atoms with Gasteiger partial charge in [-0.3, -0.25) is 0 Å². The number of aromatic nitrogens is 2. The third kappa shape index (κ3) is 2.09. The quantitative estimate of drug-likeness (QED) is 0.680.